The number of carbonyl (C=O) groups excluding carboxylic acids is 1. The first-order valence-electron chi connectivity index (χ1n) is 9.43. The van der Waals surface area contributed by atoms with E-state index in [4.69, 9.17) is 0 Å². The van der Waals surface area contributed by atoms with Crippen LogP contribution in [0.15, 0.2) is 48.5 Å². The number of nitro benzene ring substituents is 1. The number of hydrogen-bond acceptors (Lipinski definition) is 5. The number of piperidine rings is 1. The third kappa shape index (κ3) is 4.71. The topological polar surface area (TPSA) is 75.5 Å². The largest absolute Gasteiger partial charge is 0.379 e. The van der Waals surface area contributed by atoms with Gasteiger partial charge in [-0.15, -0.1) is 0 Å². The van der Waals surface area contributed by atoms with E-state index in [2.05, 4.69) is 17.1 Å². The van der Waals surface area contributed by atoms with Crippen molar-refractivity contribution >= 4 is 17.2 Å². The molecule has 1 unspecified atom stereocenters. The second-order valence-electron chi connectivity index (χ2n) is 6.97. The fourth-order valence-electron chi connectivity index (χ4n) is 3.59. The Morgan fingerprint density at radius 3 is 2.70 bits per heavy atom. The monoisotopic (exact) mass is 367 g/mol. The summed E-state index contributed by atoms with van der Waals surface area (Å²) in [6, 6.07) is 13.5. The van der Waals surface area contributed by atoms with Crippen LogP contribution in [-0.2, 0) is 0 Å². The Bertz CT molecular complexity index is 808. The van der Waals surface area contributed by atoms with Gasteiger partial charge in [0.15, 0.2) is 5.78 Å². The third-order valence-corrected chi connectivity index (χ3v) is 5.12. The quantitative estimate of drug-likeness (QED) is 0.455. The zero-order valence-electron chi connectivity index (χ0n) is 15.6. The lowest BCUT2D eigenvalue weighted by Crippen LogP contribution is -2.37. The summed E-state index contributed by atoms with van der Waals surface area (Å²) < 4.78 is 0. The highest BCUT2D eigenvalue weighted by molar-refractivity contribution is 6.09. The molecular weight excluding hydrogens is 342 g/mol. The molecule has 0 saturated carbocycles. The minimum absolute atomic E-state index is 0.0556. The molecule has 0 amide bonds. The zero-order valence-corrected chi connectivity index (χ0v) is 15.6. The molecule has 27 heavy (non-hydrogen) atoms. The summed E-state index contributed by atoms with van der Waals surface area (Å²) in [5.41, 5.74) is 1.26. The molecule has 3 rings (SSSR count). The van der Waals surface area contributed by atoms with Crippen molar-refractivity contribution in [1.82, 2.24) is 4.90 Å². The molecule has 1 saturated heterocycles. The van der Waals surface area contributed by atoms with Crippen LogP contribution in [0.5, 0.6) is 0 Å². The van der Waals surface area contributed by atoms with Gasteiger partial charge in [-0.2, -0.15) is 0 Å². The molecule has 2 aromatic carbocycles. The van der Waals surface area contributed by atoms with E-state index in [9.17, 15) is 14.9 Å². The molecular formula is C21H25N3O3. The van der Waals surface area contributed by atoms with Crippen LogP contribution >= 0.6 is 0 Å². The standard InChI is InChI=1S/C21H25N3O3/c1-2-23-12-6-7-16(15-23)14-22-19-11-10-18(13-20(19)24(26)27)21(25)17-8-4-3-5-9-17/h3-5,8-11,13,16,22H,2,6-7,12,14-15H2,1H3. The number of nitrogens with one attached hydrogen (secondary N) is 1. The molecule has 0 bridgehead atoms. The van der Waals surface area contributed by atoms with E-state index in [0.717, 1.165) is 32.5 Å². The van der Waals surface area contributed by atoms with E-state index in [1.807, 2.05) is 6.07 Å². The second kappa shape index (κ2) is 8.77. The van der Waals surface area contributed by atoms with Crippen molar-refractivity contribution < 1.29 is 9.72 Å². The Morgan fingerprint density at radius 1 is 1.22 bits per heavy atom. The van der Waals surface area contributed by atoms with Crippen LogP contribution in [-0.4, -0.2) is 41.8 Å². The zero-order chi connectivity index (χ0) is 19.2. The number of anilines is 1. The molecule has 0 radical (unpaired) electrons. The smallest absolute Gasteiger partial charge is 0.293 e. The molecule has 6 heteroatoms. The first-order chi connectivity index (χ1) is 13.1. The molecule has 1 aliphatic heterocycles. The van der Waals surface area contributed by atoms with Crippen LogP contribution in [0.2, 0.25) is 0 Å². The third-order valence-electron chi connectivity index (χ3n) is 5.12. The maximum absolute atomic E-state index is 12.6. The lowest BCUT2D eigenvalue weighted by atomic mass is 9.97. The van der Waals surface area contributed by atoms with E-state index in [1.165, 1.54) is 6.07 Å². The number of likely N-dealkylation sites (tertiary alicyclic amines) is 1. The van der Waals surface area contributed by atoms with Crippen molar-refractivity contribution in [2.45, 2.75) is 19.8 Å². The van der Waals surface area contributed by atoms with Gasteiger partial charge in [0, 0.05) is 30.3 Å². The number of rotatable bonds is 7. The Hall–Kier alpha value is -2.73. The van der Waals surface area contributed by atoms with E-state index >= 15 is 0 Å². The van der Waals surface area contributed by atoms with Crippen molar-refractivity contribution in [3.05, 3.63) is 69.8 Å². The summed E-state index contributed by atoms with van der Waals surface area (Å²) in [7, 11) is 0. The predicted octanol–water partition coefficient (Wildman–Crippen LogP) is 3.97. The van der Waals surface area contributed by atoms with E-state index in [1.54, 1.807) is 36.4 Å². The van der Waals surface area contributed by atoms with Gasteiger partial charge in [-0.05, 0) is 44.0 Å². The van der Waals surface area contributed by atoms with Gasteiger partial charge in [0.05, 0.1) is 4.92 Å². The van der Waals surface area contributed by atoms with Crippen LogP contribution in [0.4, 0.5) is 11.4 Å². The van der Waals surface area contributed by atoms with Crippen molar-refractivity contribution in [3.63, 3.8) is 0 Å². The summed E-state index contributed by atoms with van der Waals surface area (Å²) in [5, 5.41) is 14.8. The van der Waals surface area contributed by atoms with Gasteiger partial charge >= 0.3 is 0 Å². The first kappa shape index (κ1) is 19.0. The molecule has 142 valence electrons. The number of hydrogen-bond donors (Lipinski definition) is 1. The molecule has 0 spiro atoms. The van der Waals surface area contributed by atoms with Gasteiger partial charge in [0.1, 0.15) is 5.69 Å². The van der Waals surface area contributed by atoms with Crippen molar-refractivity contribution in [1.29, 1.82) is 0 Å². The average Bonchev–Trinajstić information content (AvgIpc) is 2.72. The number of benzene rings is 2. The van der Waals surface area contributed by atoms with Gasteiger partial charge < -0.3 is 10.2 Å². The normalized spacial score (nSPS) is 17.4. The average molecular weight is 367 g/mol. The lowest BCUT2D eigenvalue weighted by molar-refractivity contribution is -0.384. The van der Waals surface area contributed by atoms with E-state index < -0.39 is 4.92 Å². The number of nitrogens with zero attached hydrogens (tertiary/aromatic N) is 2. The molecule has 0 aliphatic carbocycles. The Kier molecular flexibility index (Phi) is 6.19. The Morgan fingerprint density at radius 2 is 2.00 bits per heavy atom. The van der Waals surface area contributed by atoms with Crippen LogP contribution in [0.25, 0.3) is 0 Å². The highest BCUT2D eigenvalue weighted by Crippen LogP contribution is 2.28. The summed E-state index contributed by atoms with van der Waals surface area (Å²) >= 11 is 0. The van der Waals surface area contributed by atoms with Gasteiger partial charge in [-0.1, -0.05) is 37.3 Å². The number of carbonyl (C=O) groups is 1. The Labute approximate surface area is 159 Å². The summed E-state index contributed by atoms with van der Waals surface area (Å²) in [5.74, 6) is 0.264. The molecule has 1 heterocycles. The Balaban J connectivity index is 1.74. The fraction of sp³-hybridized carbons (Fsp3) is 0.381. The van der Waals surface area contributed by atoms with Gasteiger partial charge in [0.2, 0.25) is 0 Å². The molecule has 1 fully saturated rings. The minimum atomic E-state index is -0.427. The van der Waals surface area contributed by atoms with Gasteiger partial charge in [-0.25, -0.2) is 0 Å². The summed E-state index contributed by atoms with van der Waals surface area (Å²) in [6.45, 7) is 6.03. The number of nitro groups is 1. The van der Waals surface area contributed by atoms with E-state index in [0.29, 0.717) is 29.3 Å². The predicted molar refractivity (Wildman–Crippen MR) is 106 cm³/mol. The summed E-state index contributed by atoms with van der Waals surface area (Å²) in [6.07, 6.45) is 2.29. The SMILES string of the molecule is CCN1CCCC(CNc2ccc(C(=O)c3ccccc3)cc2[N+](=O)[O-])C1. The maximum Gasteiger partial charge on any atom is 0.293 e. The van der Waals surface area contributed by atoms with Crippen molar-refractivity contribution in [2.24, 2.45) is 5.92 Å². The second-order valence-corrected chi connectivity index (χ2v) is 6.97. The summed E-state index contributed by atoms with van der Waals surface area (Å²) in [4.78, 5) is 26.1. The van der Waals surface area contributed by atoms with Gasteiger partial charge in [-0.3, -0.25) is 14.9 Å². The van der Waals surface area contributed by atoms with Gasteiger partial charge in [0.25, 0.3) is 5.69 Å². The van der Waals surface area contributed by atoms with Crippen LogP contribution in [0.3, 0.4) is 0 Å². The molecule has 2 aromatic rings. The van der Waals surface area contributed by atoms with Crippen LogP contribution in [0, 0.1) is 16.0 Å². The molecule has 1 N–H and O–H groups in total. The molecule has 1 atom stereocenters. The van der Waals surface area contributed by atoms with E-state index in [-0.39, 0.29) is 11.5 Å². The number of ketones is 1. The first-order valence-corrected chi connectivity index (χ1v) is 9.43. The molecule has 0 aromatic heterocycles. The van der Waals surface area contributed by atoms with Crippen LogP contribution < -0.4 is 5.32 Å². The van der Waals surface area contributed by atoms with Crippen LogP contribution in [0.1, 0.15) is 35.7 Å². The van der Waals surface area contributed by atoms with Crippen molar-refractivity contribution in [3.8, 4) is 0 Å². The molecule has 6 nitrogen and oxygen atoms in total. The minimum Gasteiger partial charge on any atom is -0.379 e. The highest BCUT2D eigenvalue weighted by atomic mass is 16.6. The van der Waals surface area contributed by atoms with Crippen molar-refractivity contribution in [2.75, 3.05) is 31.5 Å². The maximum atomic E-state index is 12.6. The molecule has 1 aliphatic rings. The lowest BCUT2D eigenvalue weighted by Gasteiger charge is -2.32. The fourth-order valence-corrected chi connectivity index (χ4v) is 3.59. The highest BCUT2D eigenvalue weighted by Gasteiger charge is 2.22.